The Hall–Kier alpha value is -1.82. The van der Waals surface area contributed by atoms with Crippen LogP contribution < -0.4 is 11.5 Å². The third kappa shape index (κ3) is 3.02. The van der Waals surface area contributed by atoms with Gasteiger partial charge in [0.15, 0.2) is 5.82 Å². The first-order chi connectivity index (χ1) is 10.2. The highest BCUT2D eigenvalue weighted by Crippen LogP contribution is 2.40. The quantitative estimate of drug-likeness (QED) is 0.647. The number of hydrogen-bond donors (Lipinski definition) is 2. The number of ether oxygens (including phenoxy) is 2. The Morgan fingerprint density at radius 2 is 1.86 bits per heavy atom. The van der Waals surface area contributed by atoms with Gasteiger partial charge < -0.3 is 20.9 Å². The fourth-order valence-electron chi connectivity index (χ4n) is 2.66. The molecule has 1 fully saturated rings. The molecule has 0 aliphatic carbocycles. The zero-order chi connectivity index (χ0) is 16.5. The molecule has 0 unspecified atom stereocenters. The number of benzene rings is 1. The molecule has 0 radical (unpaired) electrons. The van der Waals surface area contributed by atoms with E-state index in [9.17, 15) is 9.18 Å². The minimum atomic E-state index is -1.09. The number of carbonyl (C=O) groups excluding carboxylic acids is 1. The zero-order valence-electron chi connectivity index (χ0n) is 13.2. The van der Waals surface area contributed by atoms with Crippen LogP contribution in [0.3, 0.4) is 0 Å². The Morgan fingerprint density at radius 1 is 1.27 bits per heavy atom. The topological polar surface area (TPSA) is 87.6 Å². The van der Waals surface area contributed by atoms with E-state index < -0.39 is 22.8 Å². The molecule has 1 saturated heterocycles. The maximum atomic E-state index is 14.6. The van der Waals surface area contributed by atoms with E-state index in [0.29, 0.717) is 26.1 Å². The second-order valence-corrected chi connectivity index (χ2v) is 6.63. The van der Waals surface area contributed by atoms with Crippen LogP contribution in [-0.4, -0.2) is 24.8 Å². The molecule has 1 aromatic rings. The lowest BCUT2D eigenvalue weighted by Gasteiger charge is -2.37. The summed E-state index contributed by atoms with van der Waals surface area (Å²) in [6, 6.07) is 3.05. The number of halogens is 1. The average molecular weight is 310 g/mol. The highest BCUT2D eigenvalue weighted by atomic mass is 19.1. The summed E-state index contributed by atoms with van der Waals surface area (Å²) in [6.07, 6.45) is 0.699. The van der Waals surface area contributed by atoms with Crippen molar-refractivity contribution in [2.45, 2.75) is 44.6 Å². The predicted octanol–water partition coefficient (Wildman–Crippen LogP) is 2.38. The molecule has 0 amide bonds. The van der Waals surface area contributed by atoms with Gasteiger partial charge in [0.2, 0.25) is 0 Å². The minimum Gasteiger partial charge on any atom is -0.459 e. The van der Waals surface area contributed by atoms with E-state index in [-0.39, 0.29) is 16.9 Å². The lowest BCUT2D eigenvalue weighted by Crippen LogP contribution is -2.45. The first-order valence-electron chi connectivity index (χ1n) is 7.32. The van der Waals surface area contributed by atoms with Gasteiger partial charge >= 0.3 is 5.97 Å². The molecule has 22 heavy (non-hydrogen) atoms. The molecule has 1 aliphatic rings. The van der Waals surface area contributed by atoms with Crippen LogP contribution in [0.15, 0.2) is 12.1 Å². The van der Waals surface area contributed by atoms with Crippen molar-refractivity contribution in [3.63, 3.8) is 0 Å². The molecule has 122 valence electrons. The van der Waals surface area contributed by atoms with Crippen molar-refractivity contribution in [3.8, 4) is 0 Å². The van der Waals surface area contributed by atoms with E-state index in [1.54, 1.807) is 20.8 Å². The number of nitrogen functional groups attached to an aromatic ring is 2. The van der Waals surface area contributed by atoms with Gasteiger partial charge in [0, 0.05) is 18.8 Å². The first kappa shape index (κ1) is 16.5. The van der Waals surface area contributed by atoms with Crippen LogP contribution in [0.4, 0.5) is 15.8 Å². The van der Waals surface area contributed by atoms with E-state index in [2.05, 4.69) is 0 Å². The molecule has 0 atom stereocenters. The number of anilines is 2. The monoisotopic (exact) mass is 310 g/mol. The Morgan fingerprint density at radius 3 is 2.41 bits per heavy atom. The van der Waals surface area contributed by atoms with Crippen molar-refractivity contribution >= 4 is 17.3 Å². The van der Waals surface area contributed by atoms with Crippen LogP contribution in [0, 0.1) is 5.82 Å². The van der Waals surface area contributed by atoms with Gasteiger partial charge in [-0.15, -0.1) is 0 Å². The maximum Gasteiger partial charge on any atom is 0.317 e. The van der Waals surface area contributed by atoms with Gasteiger partial charge in [0.25, 0.3) is 0 Å². The minimum absolute atomic E-state index is 0.132. The Bertz CT molecular complexity index is 575. The van der Waals surface area contributed by atoms with E-state index in [1.807, 2.05) is 0 Å². The van der Waals surface area contributed by atoms with Gasteiger partial charge in [-0.05, 0) is 39.7 Å². The van der Waals surface area contributed by atoms with Crippen molar-refractivity contribution in [2.24, 2.45) is 0 Å². The summed E-state index contributed by atoms with van der Waals surface area (Å²) in [5.74, 6) is -1.10. The molecule has 4 N–H and O–H groups in total. The van der Waals surface area contributed by atoms with Gasteiger partial charge in [0.1, 0.15) is 11.0 Å². The number of carbonyl (C=O) groups is 1. The number of hydrogen-bond acceptors (Lipinski definition) is 5. The van der Waals surface area contributed by atoms with Gasteiger partial charge in [-0.3, -0.25) is 4.79 Å². The third-order valence-corrected chi connectivity index (χ3v) is 3.87. The summed E-state index contributed by atoms with van der Waals surface area (Å²) < 4.78 is 25.5. The van der Waals surface area contributed by atoms with Crippen molar-refractivity contribution in [1.82, 2.24) is 0 Å². The maximum absolute atomic E-state index is 14.6. The molecular formula is C16H23FN2O3. The van der Waals surface area contributed by atoms with E-state index in [4.69, 9.17) is 20.9 Å². The molecule has 0 aromatic heterocycles. The highest BCUT2D eigenvalue weighted by Gasteiger charge is 2.46. The number of rotatable bonds is 2. The fourth-order valence-corrected chi connectivity index (χ4v) is 2.66. The predicted molar refractivity (Wildman–Crippen MR) is 82.8 cm³/mol. The summed E-state index contributed by atoms with van der Waals surface area (Å²) in [5.41, 5.74) is 9.85. The number of esters is 1. The number of nitrogens with two attached hydrogens (primary N) is 2. The molecule has 0 saturated carbocycles. The second-order valence-electron chi connectivity index (χ2n) is 6.63. The van der Waals surface area contributed by atoms with Crippen LogP contribution in [0.2, 0.25) is 0 Å². The van der Waals surface area contributed by atoms with Gasteiger partial charge in [-0.1, -0.05) is 6.07 Å². The Kier molecular flexibility index (Phi) is 4.33. The normalized spacial score (nSPS) is 18.0. The molecular weight excluding hydrogens is 287 g/mol. The SMILES string of the molecule is CC(C)(C)OC(=O)C1(c2ccc(N)c(N)c2F)CCOCC1. The average Bonchev–Trinajstić information content (AvgIpc) is 2.44. The molecule has 2 rings (SSSR count). The fraction of sp³-hybridized carbons (Fsp3) is 0.562. The van der Waals surface area contributed by atoms with Crippen LogP contribution >= 0.6 is 0 Å². The third-order valence-electron chi connectivity index (χ3n) is 3.87. The summed E-state index contributed by atoms with van der Waals surface area (Å²) in [4.78, 5) is 12.8. The van der Waals surface area contributed by atoms with Crippen molar-refractivity contribution in [2.75, 3.05) is 24.7 Å². The van der Waals surface area contributed by atoms with Gasteiger partial charge in [0.05, 0.1) is 11.4 Å². The molecule has 0 spiro atoms. The van der Waals surface area contributed by atoms with Crippen LogP contribution in [0.25, 0.3) is 0 Å². The Balaban J connectivity index is 2.51. The molecule has 6 heteroatoms. The molecule has 1 heterocycles. The largest absolute Gasteiger partial charge is 0.459 e. The second kappa shape index (κ2) is 5.76. The van der Waals surface area contributed by atoms with Crippen LogP contribution in [0.5, 0.6) is 0 Å². The van der Waals surface area contributed by atoms with Gasteiger partial charge in [-0.2, -0.15) is 0 Å². The standard InChI is InChI=1S/C16H23FN2O3/c1-15(2,3)22-14(20)16(6-8-21-9-7-16)10-4-5-11(18)13(19)12(10)17/h4-5H,6-9,18-19H2,1-3H3. The van der Waals surface area contributed by atoms with Crippen LogP contribution in [-0.2, 0) is 19.7 Å². The van der Waals surface area contributed by atoms with Crippen molar-refractivity contribution in [1.29, 1.82) is 0 Å². The van der Waals surface area contributed by atoms with Crippen molar-refractivity contribution < 1.29 is 18.7 Å². The molecule has 1 aliphatic heterocycles. The van der Waals surface area contributed by atoms with E-state index in [1.165, 1.54) is 12.1 Å². The first-order valence-corrected chi connectivity index (χ1v) is 7.32. The van der Waals surface area contributed by atoms with E-state index >= 15 is 0 Å². The summed E-state index contributed by atoms with van der Waals surface area (Å²) in [5, 5.41) is 0. The van der Waals surface area contributed by atoms with Gasteiger partial charge in [-0.25, -0.2) is 4.39 Å². The molecule has 1 aromatic carbocycles. The lowest BCUT2D eigenvalue weighted by molar-refractivity contribution is -0.166. The lowest BCUT2D eigenvalue weighted by atomic mass is 9.73. The smallest absolute Gasteiger partial charge is 0.317 e. The summed E-state index contributed by atoms with van der Waals surface area (Å²) >= 11 is 0. The van der Waals surface area contributed by atoms with Crippen molar-refractivity contribution in [3.05, 3.63) is 23.5 Å². The van der Waals surface area contributed by atoms with E-state index in [0.717, 1.165) is 0 Å². The zero-order valence-corrected chi connectivity index (χ0v) is 13.2. The summed E-state index contributed by atoms with van der Waals surface area (Å²) in [7, 11) is 0. The summed E-state index contributed by atoms with van der Waals surface area (Å²) in [6.45, 7) is 6.08. The Labute approximate surface area is 129 Å². The van der Waals surface area contributed by atoms with Crippen LogP contribution in [0.1, 0.15) is 39.2 Å². The molecule has 0 bridgehead atoms. The highest BCUT2D eigenvalue weighted by molar-refractivity contribution is 5.85. The molecule has 5 nitrogen and oxygen atoms in total.